The molecule has 0 radical (unpaired) electrons. The zero-order valence-corrected chi connectivity index (χ0v) is 18.1. The molecule has 0 aliphatic carbocycles. The molecule has 0 saturated heterocycles. The minimum Gasteiger partial charge on any atom is -0.496 e. The SMILES string of the molecule is CCN(CC(=O)Nc1c(Cl)cccc1Cl)C(=O)c1cc(OC)c(OC)cc1OC. The molecule has 1 N–H and O–H groups in total. The summed E-state index contributed by atoms with van der Waals surface area (Å²) in [7, 11) is 4.40. The van der Waals surface area contributed by atoms with Crippen LogP contribution in [0.3, 0.4) is 0 Å². The van der Waals surface area contributed by atoms with E-state index in [1.807, 2.05) is 0 Å². The van der Waals surface area contributed by atoms with Crippen molar-refractivity contribution < 1.29 is 23.8 Å². The molecule has 9 heteroatoms. The van der Waals surface area contributed by atoms with Crippen LogP contribution in [0.2, 0.25) is 10.0 Å². The Bertz CT molecular complexity index is 884. The number of nitrogens with one attached hydrogen (secondary N) is 1. The Morgan fingerprint density at radius 3 is 2.03 bits per heavy atom. The average Bonchev–Trinajstić information content (AvgIpc) is 2.73. The number of methoxy groups -OCH3 is 3. The Kier molecular flexibility index (Phi) is 7.99. The van der Waals surface area contributed by atoms with E-state index in [1.165, 1.54) is 32.3 Å². The molecule has 2 aromatic carbocycles. The van der Waals surface area contributed by atoms with E-state index in [0.717, 1.165) is 0 Å². The van der Waals surface area contributed by atoms with E-state index in [4.69, 9.17) is 37.4 Å². The van der Waals surface area contributed by atoms with Gasteiger partial charge in [-0.2, -0.15) is 0 Å². The molecule has 2 rings (SSSR count). The number of hydrogen-bond acceptors (Lipinski definition) is 5. The van der Waals surface area contributed by atoms with Gasteiger partial charge in [0.2, 0.25) is 5.91 Å². The lowest BCUT2D eigenvalue weighted by Gasteiger charge is -2.22. The summed E-state index contributed by atoms with van der Waals surface area (Å²) in [5.41, 5.74) is 0.545. The lowest BCUT2D eigenvalue weighted by molar-refractivity contribution is -0.116. The fourth-order valence-electron chi connectivity index (χ4n) is 2.66. The number of likely N-dealkylation sites (N-methyl/N-ethyl adjacent to an activating group) is 1. The Morgan fingerprint density at radius 1 is 0.966 bits per heavy atom. The number of nitrogens with zero attached hydrogens (tertiary/aromatic N) is 1. The molecule has 0 spiro atoms. The molecule has 0 saturated carbocycles. The molecular formula is C20H22Cl2N2O5. The van der Waals surface area contributed by atoms with Gasteiger partial charge in [-0.15, -0.1) is 0 Å². The molecule has 0 aromatic heterocycles. The molecule has 2 aromatic rings. The average molecular weight is 441 g/mol. The van der Waals surface area contributed by atoms with E-state index in [2.05, 4.69) is 5.32 Å². The van der Waals surface area contributed by atoms with Crippen LogP contribution in [0.4, 0.5) is 5.69 Å². The summed E-state index contributed by atoms with van der Waals surface area (Å²) in [6, 6.07) is 7.97. The summed E-state index contributed by atoms with van der Waals surface area (Å²) in [6.45, 7) is 1.86. The highest BCUT2D eigenvalue weighted by Crippen LogP contribution is 2.35. The fourth-order valence-corrected chi connectivity index (χ4v) is 3.16. The van der Waals surface area contributed by atoms with Gasteiger partial charge in [0.25, 0.3) is 5.91 Å². The first kappa shape index (κ1) is 22.6. The maximum absolute atomic E-state index is 13.1. The van der Waals surface area contributed by atoms with E-state index in [1.54, 1.807) is 31.2 Å². The van der Waals surface area contributed by atoms with E-state index in [0.29, 0.717) is 39.5 Å². The Balaban J connectivity index is 2.25. The van der Waals surface area contributed by atoms with Gasteiger partial charge < -0.3 is 24.4 Å². The zero-order valence-electron chi connectivity index (χ0n) is 16.5. The van der Waals surface area contributed by atoms with Crippen LogP contribution in [0.1, 0.15) is 17.3 Å². The van der Waals surface area contributed by atoms with Crippen molar-refractivity contribution in [2.24, 2.45) is 0 Å². The Labute approximate surface area is 179 Å². The predicted octanol–water partition coefficient (Wildman–Crippen LogP) is 4.12. The van der Waals surface area contributed by atoms with Crippen molar-refractivity contribution in [3.05, 3.63) is 45.9 Å². The number of carbonyl (C=O) groups is 2. The molecule has 0 unspecified atom stereocenters. The third kappa shape index (κ3) is 5.25. The maximum Gasteiger partial charge on any atom is 0.258 e. The molecule has 0 bridgehead atoms. The molecule has 29 heavy (non-hydrogen) atoms. The first-order chi connectivity index (χ1) is 13.9. The second kappa shape index (κ2) is 10.2. The monoisotopic (exact) mass is 440 g/mol. The smallest absolute Gasteiger partial charge is 0.258 e. The molecule has 0 heterocycles. The van der Waals surface area contributed by atoms with Crippen molar-refractivity contribution in [1.82, 2.24) is 4.90 Å². The molecular weight excluding hydrogens is 419 g/mol. The summed E-state index contributed by atoms with van der Waals surface area (Å²) >= 11 is 12.2. The summed E-state index contributed by atoms with van der Waals surface area (Å²) in [6.07, 6.45) is 0. The standard InChI is InChI=1S/C20H22Cl2N2O5/c1-5-24(11-18(25)23-19-13(21)7-6-8-14(19)22)20(26)12-9-16(28-3)17(29-4)10-15(12)27-2/h6-10H,5,11H2,1-4H3,(H,23,25). The van der Waals surface area contributed by atoms with Crippen molar-refractivity contribution in [1.29, 1.82) is 0 Å². The minimum atomic E-state index is -0.436. The van der Waals surface area contributed by atoms with Crippen molar-refractivity contribution in [2.75, 3.05) is 39.7 Å². The number of para-hydroxylation sites is 1. The van der Waals surface area contributed by atoms with Gasteiger partial charge in [0, 0.05) is 18.7 Å². The number of halogens is 2. The van der Waals surface area contributed by atoms with Crippen LogP contribution in [0.15, 0.2) is 30.3 Å². The van der Waals surface area contributed by atoms with Gasteiger partial charge >= 0.3 is 0 Å². The van der Waals surface area contributed by atoms with Crippen LogP contribution in [-0.4, -0.2) is 51.1 Å². The molecule has 2 amide bonds. The van der Waals surface area contributed by atoms with Crippen LogP contribution in [0, 0.1) is 0 Å². The fraction of sp³-hybridized carbons (Fsp3) is 0.300. The molecule has 156 valence electrons. The van der Waals surface area contributed by atoms with Crippen molar-refractivity contribution in [3.8, 4) is 17.2 Å². The minimum absolute atomic E-state index is 0.200. The zero-order chi connectivity index (χ0) is 21.6. The molecule has 0 fully saturated rings. The van der Waals surface area contributed by atoms with Gasteiger partial charge in [-0.25, -0.2) is 0 Å². The van der Waals surface area contributed by atoms with Gasteiger partial charge in [0.15, 0.2) is 11.5 Å². The van der Waals surface area contributed by atoms with E-state index in [-0.39, 0.29) is 12.1 Å². The predicted molar refractivity (Wildman–Crippen MR) is 113 cm³/mol. The number of hydrogen-bond donors (Lipinski definition) is 1. The van der Waals surface area contributed by atoms with Crippen molar-refractivity contribution >= 4 is 40.7 Å². The number of benzene rings is 2. The molecule has 0 atom stereocenters. The van der Waals surface area contributed by atoms with Crippen LogP contribution in [-0.2, 0) is 4.79 Å². The summed E-state index contributed by atoms with van der Waals surface area (Å²) in [4.78, 5) is 26.9. The molecule has 0 aliphatic heterocycles. The largest absolute Gasteiger partial charge is 0.496 e. The van der Waals surface area contributed by atoms with Crippen LogP contribution >= 0.6 is 23.2 Å². The number of carbonyl (C=O) groups excluding carboxylic acids is 2. The maximum atomic E-state index is 13.1. The first-order valence-corrected chi connectivity index (χ1v) is 9.44. The van der Waals surface area contributed by atoms with E-state index >= 15 is 0 Å². The topological polar surface area (TPSA) is 77.1 Å². The quantitative estimate of drug-likeness (QED) is 0.667. The second-order valence-corrected chi connectivity index (χ2v) is 6.69. The van der Waals surface area contributed by atoms with Gasteiger partial charge in [0.1, 0.15) is 12.3 Å². The van der Waals surface area contributed by atoms with Gasteiger partial charge in [-0.3, -0.25) is 9.59 Å². The van der Waals surface area contributed by atoms with Crippen molar-refractivity contribution in [3.63, 3.8) is 0 Å². The molecule has 7 nitrogen and oxygen atoms in total. The van der Waals surface area contributed by atoms with Gasteiger partial charge in [0.05, 0.1) is 42.6 Å². The Morgan fingerprint density at radius 2 is 1.52 bits per heavy atom. The van der Waals surface area contributed by atoms with E-state index in [9.17, 15) is 9.59 Å². The van der Waals surface area contributed by atoms with Gasteiger partial charge in [-0.05, 0) is 19.1 Å². The van der Waals surface area contributed by atoms with E-state index < -0.39 is 11.8 Å². The number of anilines is 1. The van der Waals surface area contributed by atoms with Crippen LogP contribution < -0.4 is 19.5 Å². The highest BCUT2D eigenvalue weighted by atomic mass is 35.5. The third-order valence-corrected chi connectivity index (χ3v) is 4.80. The summed E-state index contributed by atoms with van der Waals surface area (Å²) in [5, 5.41) is 3.26. The number of amides is 2. The number of rotatable bonds is 8. The first-order valence-electron chi connectivity index (χ1n) is 8.69. The highest BCUT2D eigenvalue weighted by molar-refractivity contribution is 6.39. The Hall–Kier alpha value is -2.64. The highest BCUT2D eigenvalue weighted by Gasteiger charge is 2.24. The summed E-state index contributed by atoms with van der Waals surface area (Å²) < 4.78 is 15.8. The summed E-state index contributed by atoms with van der Waals surface area (Å²) in [5.74, 6) is 0.274. The second-order valence-electron chi connectivity index (χ2n) is 5.87. The third-order valence-electron chi connectivity index (χ3n) is 4.17. The lowest BCUT2D eigenvalue weighted by atomic mass is 10.1. The lowest BCUT2D eigenvalue weighted by Crippen LogP contribution is -2.38. The number of ether oxygens (including phenoxy) is 3. The molecule has 0 aliphatic rings. The van der Waals surface area contributed by atoms with Crippen LogP contribution in [0.5, 0.6) is 17.2 Å². The van der Waals surface area contributed by atoms with Crippen LogP contribution in [0.25, 0.3) is 0 Å². The van der Waals surface area contributed by atoms with Crippen molar-refractivity contribution in [2.45, 2.75) is 6.92 Å². The van der Waals surface area contributed by atoms with Gasteiger partial charge in [-0.1, -0.05) is 29.3 Å². The normalized spacial score (nSPS) is 10.3.